The maximum absolute atomic E-state index is 12.3. The Balaban J connectivity index is 2.08. The number of sulfonamides is 1. The predicted molar refractivity (Wildman–Crippen MR) is 76.6 cm³/mol. The summed E-state index contributed by atoms with van der Waals surface area (Å²) in [6, 6.07) is 6.97. The maximum Gasteiger partial charge on any atom is 0.240 e. The summed E-state index contributed by atoms with van der Waals surface area (Å²) in [6.45, 7) is 5.77. The zero-order valence-electron chi connectivity index (χ0n) is 11.5. The molecular formula is C14H22N2O2S. The molecule has 2 unspecified atom stereocenters. The minimum Gasteiger partial charge on any atom is -0.316 e. The van der Waals surface area contributed by atoms with E-state index in [0.717, 1.165) is 31.5 Å². The number of hydrogen-bond acceptors (Lipinski definition) is 3. The van der Waals surface area contributed by atoms with Crippen LogP contribution in [-0.4, -0.2) is 27.5 Å². The Bertz CT molecular complexity index is 522. The molecule has 1 saturated heterocycles. The normalized spacial score (nSPS) is 22.1. The average Bonchev–Trinajstić information content (AvgIpc) is 2.39. The van der Waals surface area contributed by atoms with Crippen LogP contribution < -0.4 is 10.0 Å². The van der Waals surface area contributed by atoms with Crippen LogP contribution in [0.1, 0.15) is 25.3 Å². The molecular weight excluding hydrogens is 260 g/mol. The van der Waals surface area contributed by atoms with Crippen molar-refractivity contribution in [2.45, 2.75) is 37.6 Å². The lowest BCUT2D eigenvalue weighted by molar-refractivity contribution is 0.320. The Kier molecular flexibility index (Phi) is 4.60. The summed E-state index contributed by atoms with van der Waals surface area (Å²) >= 11 is 0. The molecule has 1 aliphatic rings. The molecule has 0 radical (unpaired) electrons. The van der Waals surface area contributed by atoms with Crippen LogP contribution in [0.3, 0.4) is 0 Å². The van der Waals surface area contributed by atoms with Crippen molar-refractivity contribution in [1.29, 1.82) is 0 Å². The lowest BCUT2D eigenvalue weighted by Crippen LogP contribution is -2.44. The van der Waals surface area contributed by atoms with Gasteiger partial charge in [-0.15, -0.1) is 0 Å². The molecule has 1 aromatic rings. The number of piperidine rings is 1. The van der Waals surface area contributed by atoms with E-state index >= 15 is 0 Å². The van der Waals surface area contributed by atoms with Gasteiger partial charge < -0.3 is 5.32 Å². The van der Waals surface area contributed by atoms with Gasteiger partial charge in [0.2, 0.25) is 10.0 Å². The molecule has 5 heteroatoms. The van der Waals surface area contributed by atoms with E-state index in [2.05, 4.69) is 10.0 Å². The van der Waals surface area contributed by atoms with Gasteiger partial charge >= 0.3 is 0 Å². The smallest absolute Gasteiger partial charge is 0.240 e. The molecule has 0 aromatic heterocycles. The van der Waals surface area contributed by atoms with Gasteiger partial charge in [0, 0.05) is 6.04 Å². The maximum atomic E-state index is 12.3. The van der Waals surface area contributed by atoms with Crippen molar-refractivity contribution in [3.8, 4) is 0 Å². The zero-order valence-corrected chi connectivity index (χ0v) is 12.3. The third kappa shape index (κ3) is 3.78. The number of benzene rings is 1. The molecule has 1 aromatic carbocycles. The fourth-order valence-electron chi connectivity index (χ4n) is 2.50. The van der Waals surface area contributed by atoms with E-state index in [1.54, 1.807) is 18.2 Å². The SMILES string of the molecule is Cc1cccc(S(=O)(=O)NC(C)C2CCCNC2)c1. The Labute approximate surface area is 115 Å². The van der Waals surface area contributed by atoms with Gasteiger partial charge in [-0.3, -0.25) is 0 Å². The lowest BCUT2D eigenvalue weighted by atomic mass is 9.94. The van der Waals surface area contributed by atoms with Crippen LogP contribution in [0.15, 0.2) is 29.2 Å². The Morgan fingerprint density at radius 1 is 1.42 bits per heavy atom. The van der Waals surface area contributed by atoms with E-state index in [1.807, 2.05) is 19.9 Å². The van der Waals surface area contributed by atoms with Crippen molar-refractivity contribution in [2.24, 2.45) is 5.92 Å². The minimum absolute atomic E-state index is 0.0432. The Hall–Kier alpha value is -0.910. The standard InChI is InChI=1S/C14H22N2O2S/c1-11-5-3-7-14(9-11)19(17,18)16-12(2)13-6-4-8-15-10-13/h3,5,7,9,12-13,15-16H,4,6,8,10H2,1-2H3. The van der Waals surface area contributed by atoms with Crippen molar-refractivity contribution >= 4 is 10.0 Å². The van der Waals surface area contributed by atoms with E-state index in [0.29, 0.717) is 10.8 Å². The highest BCUT2D eigenvalue weighted by Crippen LogP contribution is 2.17. The second kappa shape index (κ2) is 6.03. The topological polar surface area (TPSA) is 58.2 Å². The molecule has 0 bridgehead atoms. The van der Waals surface area contributed by atoms with Crippen molar-refractivity contribution in [2.75, 3.05) is 13.1 Å². The fourth-order valence-corrected chi connectivity index (χ4v) is 3.91. The van der Waals surface area contributed by atoms with Gasteiger partial charge in [-0.25, -0.2) is 13.1 Å². The molecule has 0 saturated carbocycles. The summed E-state index contributed by atoms with van der Waals surface area (Å²) in [7, 11) is -3.41. The quantitative estimate of drug-likeness (QED) is 0.883. The van der Waals surface area contributed by atoms with E-state index in [4.69, 9.17) is 0 Å². The molecule has 0 aliphatic carbocycles. The summed E-state index contributed by atoms with van der Waals surface area (Å²) in [5.41, 5.74) is 0.954. The second-order valence-electron chi connectivity index (χ2n) is 5.33. The molecule has 4 nitrogen and oxygen atoms in total. The number of rotatable bonds is 4. The Morgan fingerprint density at radius 3 is 2.84 bits per heavy atom. The van der Waals surface area contributed by atoms with Gasteiger partial charge in [0.25, 0.3) is 0 Å². The molecule has 0 amide bonds. The minimum atomic E-state index is -3.41. The second-order valence-corrected chi connectivity index (χ2v) is 7.05. The average molecular weight is 282 g/mol. The molecule has 1 fully saturated rings. The molecule has 1 heterocycles. The van der Waals surface area contributed by atoms with Gasteiger partial charge in [-0.2, -0.15) is 0 Å². The van der Waals surface area contributed by atoms with Gasteiger partial charge in [0.05, 0.1) is 4.90 Å². The molecule has 2 atom stereocenters. The van der Waals surface area contributed by atoms with Gasteiger partial charge in [-0.05, 0) is 63.4 Å². The number of hydrogen-bond donors (Lipinski definition) is 2. The summed E-state index contributed by atoms with van der Waals surface area (Å²) in [6.07, 6.45) is 2.19. The van der Waals surface area contributed by atoms with Crippen LogP contribution >= 0.6 is 0 Å². The number of nitrogens with one attached hydrogen (secondary N) is 2. The first-order valence-corrected chi connectivity index (χ1v) is 8.27. The third-order valence-corrected chi connectivity index (χ3v) is 5.24. The molecule has 2 N–H and O–H groups in total. The predicted octanol–water partition coefficient (Wildman–Crippen LogP) is 1.66. The van der Waals surface area contributed by atoms with Crippen molar-refractivity contribution in [3.63, 3.8) is 0 Å². The first-order valence-electron chi connectivity index (χ1n) is 6.79. The monoisotopic (exact) mass is 282 g/mol. The fraction of sp³-hybridized carbons (Fsp3) is 0.571. The summed E-state index contributed by atoms with van der Waals surface area (Å²) in [5.74, 6) is 0.369. The van der Waals surface area contributed by atoms with E-state index in [-0.39, 0.29) is 6.04 Å². The molecule has 2 rings (SSSR count). The Morgan fingerprint density at radius 2 is 2.21 bits per heavy atom. The van der Waals surface area contributed by atoms with Crippen molar-refractivity contribution in [3.05, 3.63) is 29.8 Å². The van der Waals surface area contributed by atoms with Gasteiger partial charge in [0.1, 0.15) is 0 Å². The van der Waals surface area contributed by atoms with Crippen LogP contribution in [-0.2, 0) is 10.0 Å². The molecule has 1 aliphatic heterocycles. The van der Waals surface area contributed by atoms with E-state index in [1.165, 1.54) is 0 Å². The van der Waals surface area contributed by atoms with Crippen LogP contribution in [0.4, 0.5) is 0 Å². The van der Waals surface area contributed by atoms with Crippen molar-refractivity contribution in [1.82, 2.24) is 10.0 Å². The van der Waals surface area contributed by atoms with Gasteiger partial charge in [0.15, 0.2) is 0 Å². The molecule has 106 valence electrons. The van der Waals surface area contributed by atoms with E-state index in [9.17, 15) is 8.42 Å². The third-order valence-electron chi connectivity index (χ3n) is 3.68. The molecule has 19 heavy (non-hydrogen) atoms. The number of aryl methyl sites for hydroxylation is 1. The highest BCUT2D eigenvalue weighted by atomic mass is 32.2. The first kappa shape index (κ1) is 14.5. The van der Waals surface area contributed by atoms with Crippen molar-refractivity contribution < 1.29 is 8.42 Å². The van der Waals surface area contributed by atoms with E-state index < -0.39 is 10.0 Å². The highest BCUT2D eigenvalue weighted by molar-refractivity contribution is 7.89. The molecule has 0 spiro atoms. The highest BCUT2D eigenvalue weighted by Gasteiger charge is 2.24. The summed E-state index contributed by atoms with van der Waals surface area (Å²) in [4.78, 5) is 0.350. The van der Waals surface area contributed by atoms with Crippen LogP contribution in [0, 0.1) is 12.8 Å². The summed E-state index contributed by atoms with van der Waals surface area (Å²) in [5, 5.41) is 3.32. The lowest BCUT2D eigenvalue weighted by Gasteiger charge is -2.28. The summed E-state index contributed by atoms with van der Waals surface area (Å²) < 4.78 is 27.4. The van der Waals surface area contributed by atoms with Crippen LogP contribution in [0.25, 0.3) is 0 Å². The zero-order chi connectivity index (χ0) is 13.9. The van der Waals surface area contributed by atoms with Crippen LogP contribution in [0.5, 0.6) is 0 Å². The van der Waals surface area contributed by atoms with Gasteiger partial charge in [-0.1, -0.05) is 12.1 Å². The largest absolute Gasteiger partial charge is 0.316 e. The van der Waals surface area contributed by atoms with Crippen LogP contribution in [0.2, 0.25) is 0 Å². The first-order chi connectivity index (χ1) is 8.99.